The summed E-state index contributed by atoms with van der Waals surface area (Å²) in [4.78, 5) is 16.6. The molecular weight excluding hydrogens is 214 g/mol. The molecule has 0 aliphatic rings. The minimum Gasteiger partial charge on any atom is -0.448 e. The number of carbonyl (C=O) groups is 1. The molecule has 84 valence electrons. The first-order valence-electron chi connectivity index (χ1n) is 4.54. The van der Waals surface area contributed by atoms with Gasteiger partial charge in [0, 0.05) is 26.5 Å². The van der Waals surface area contributed by atoms with Crippen molar-refractivity contribution in [2.24, 2.45) is 0 Å². The second-order valence-corrected chi connectivity index (χ2v) is 3.89. The first-order valence-corrected chi connectivity index (χ1v) is 5.77. The molecule has 0 aromatic carbocycles. The van der Waals surface area contributed by atoms with Crippen LogP contribution in [-0.4, -0.2) is 47.5 Å². The molecule has 0 aliphatic heterocycles. The Morgan fingerprint density at radius 1 is 1.67 bits per heavy atom. The topological polar surface area (TPSA) is 47.4 Å². The molecule has 1 rings (SSSR count). The maximum Gasteiger partial charge on any atom is 0.409 e. The summed E-state index contributed by atoms with van der Waals surface area (Å²) in [7, 11) is 3.32. The Morgan fingerprint density at radius 2 is 2.40 bits per heavy atom. The third-order valence-corrected chi connectivity index (χ3v) is 2.49. The largest absolute Gasteiger partial charge is 0.448 e. The SMILES string of the molecule is CSc1nccn1CCOC(=O)N(C)C. The number of rotatable bonds is 4. The summed E-state index contributed by atoms with van der Waals surface area (Å²) < 4.78 is 6.96. The van der Waals surface area contributed by atoms with Crippen LogP contribution in [0.3, 0.4) is 0 Å². The van der Waals surface area contributed by atoms with Gasteiger partial charge in [0.2, 0.25) is 0 Å². The summed E-state index contributed by atoms with van der Waals surface area (Å²) in [6.07, 6.45) is 5.25. The van der Waals surface area contributed by atoms with Crippen LogP contribution in [0.2, 0.25) is 0 Å². The molecule has 0 fully saturated rings. The summed E-state index contributed by atoms with van der Waals surface area (Å²) >= 11 is 1.57. The van der Waals surface area contributed by atoms with E-state index in [1.54, 1.807) is 32.1 Å². The first kappa shape index (κ1) is 11.9. The number of imidazole rings is 1. The van der Waals surface area contributed by atoms with Gasteiger partial charge in [-0.2, -0.15) is 0 Å². The molecule has 1 amide bonds. The molecule has 0 spiro atoms. The molecule has 0 N–H and O–H groups in total. The van der Waals surface area contributed by atoms with E-state index in [9.17, 15) is 4.79 Å². The summed E-state index contributed by atoms with van der Waals surface area (Å²) in [6, 6.07) is 0. The normalized spacial score (nSPS) is 10.1. The van der Waals surface area contributed by atoms with Crippen LogP contribution in [0, 0.1) is 0 Å². The Kier molecular flexibility index (Phi) is 4.48. The smallest absolute Gasteiger partial charge is 0.409 e. The van der Waals surface area contributed by atoms with E-state index in [1.165, 1.54) is 4.90 Å². The molecule has 1 heterocycles. The Hall–Kier alpha value is -1.17. The lowest BCUT2D eigenvalue weighted by atomic mass is 10.6. The summed E-state index contributed by atoms with van der Waals surface area (Å²) in [5.74, 6) is 0. The minimum atomic E-state index is -0.319. The van der Waals surface area contributed by atoms with E-state index in [0.29, 0.717) is 13.2 Å². The molecule has 0 saturated heterocycles. The molecule has 0 radical (unpaired) electrons. The molecule has 5 nitrogen and oxygen atoms in total. The lowest BCUT2D eigenvalue weighted by Gasteiger charge is -2.11. The Morgan fingerprint density at radius 3 is 3.00 bits per heavy atom. The van der Waals surface area contributed by atoms with Gasteiger partial charge in [0.05, 0.1) is 6.54 Å². The quantitative estimate of drug-likeness (QED) is 0.730. The summed E-state index contributed by atoms with van der Waals surface area (Å²) in [5, 5.41) is 0.927. The van der Waals surface area contributed by atoms with Crippen molar-refractivity contribution in [3.05, 3.63) is 12.4 Å². The third kappa shape index (κ3) is 3.47. The molecule has 0 bridgehead atoms. The lowest BCUT2D eigenvalue weighted by molar-refractivity contribution is 0.114. The standard InChI is InChI=1S/C9H15N3O2S/c1-11(2)9(13)14-7-6-12-5-4-10-8(12)15-3/h4-5H,6-7H2,1-3H3. The van der Waals surface area contributed by atoms with Crippen molar-refractivity contribution >= 4 is 17.9 Å². The second-order valence-electron chi connectivity index (χ2n) is 3.12. The number of carbonyl (C=O) groups excluding carboxylic acids is 1. The van der Waals surface area contributed by atoms with Crippen LogP contribution in [0.5, 0.6) is 0 Å². The minimum absolute atomic E-state index is 0.319. The number of aromatic nitrogens is 2. The van der Waals surface area contributed by atoms with Gasteiger partial charge in [0.1, 0.15) is 6.61 Å². The van der Waals surface area contributed by atoms with Crippen LogP contribution in [0.4, 0.5) is 4.79 Å². The predicted octanol–water partition coefficient (Wildman–Crippen LogP) is 1.30. The maximum atomic E-state index is 11.1. The first-order chi connectivity index (χ1) is 7.15. The van der Waals surface area contributed by atoms with Gasteiger partial charge in [0.25, 0.3) is 0 Å². The molecular formula is C9H15N3O2S. The van der Waals surface area contributed by atoms with Gasteiger partial charge in [-0.15, -0.1) is 0 Å². The highest BCUT2D eigenvalue weighted by Crippen LogP contribution is 2.10. The van der Waals surface area contributed by atoms with Gasteiger partial charge in [-0.05, 0) is 6.26 Å². The molecule has 0 aliphatic carbocycles. The summed E-state index contributed by atoms with van der Waals surface area (Å²) in [5.41, 5.74) is 0. The highest BCUT2D eigenvalue weighted by Gasteiger charge is 2.05. The molecule has 6 heteroatoms. The van der Waals surface area contributed by atoms with Gasteiger partial charge in [-0.1, -0.05) is 11.8 Å². The van der Waals surface area contributed by atoms with E-state index < -0.39 is 0 Å². The van der Waals surface area contributed by atoms with Crippen molar-refractivity contribution in [3.8, 4) is 0 Å². The number of hydrogen-bond donors (Lipinski definition) is 0. The van der Waals surface area contributed by atoms with Gasteiger partial charge in [-0.25, -0.2) is 9.78 Å². The monoisotopic (exact) mass is 229 g/mol. The maximum absolute atomic E-state index is 11.1. The second kappa shape index (κ2) is 5.65. The highest BCUT2D eigenvalue weighted by molar-refractivity contribution is 7.98. The van der Waals surface area contributed by atoms with Gasteiger partial charge >= 0.3 is 6.09 Å². The zero-order valence-corrected chi connectivity index (χ0v) is 9.95. The zero-order chi connectivity index (χ0) is 11.3. The number of thioether (sulfide) groups is 1. The molecule has 15 heavy (non-hydrogen) atoms. The van der Waals surface area contributed by atoms with Gasteiger partial charge < -0.3 is 14.2 Å². The molecule has 0 atom stereocenters. The lowest BCUT2D eigenvalue weighted by Crippen LogP contribution is -2.24. The number of amides is 1. The predicted molar refractivity (Wildman–Crippen MR) is 59.0 cm³/mol. The zero-order valence-electron chi connectivity index (χ0n) is 9.14. The van der Waals surface area contributed by atoms with Crippen molar-refractivity contribution in [2.75, 3.05) is 27.0 Å². The van der Waals surface area contributed by atoms with E-state index in [-0.39, 0.29) is 6.09 Å². The van der Waals surface area contributed by atoms with E-state index in [4.69, 9.17) is 4.74 Å². The van der Waals surface area contributed by atoms with Crippen LogP contribution >= 0.6 is 11.8 Å². The van der Waals surface area contributed by atoms with Crippen LogP contribution in [0.1, 0.15) is 0 Å². The number of hydrogen-bond acceptors (Lipinski definition) is 4. The van der Waals surface area contributed by atoms with E-state index in [2.05, 4.69) is 4.98 Å². The average Bonchev–Trinajstić information content (AvgIpc) is 2.65. The van der Waals surface area contributed by atoms with Crippen LogP contribution in [0.25, 0.3) is 0 Å². The average molecular weight is 229 g/mol. The fourth-order valence-electron chi connectivity index (χ4n) is 1.02. The number of ether oxygens (including phenoxy) is 1. The van der Waals surface area contributed by atoms with Crippen LogP contribution < -0.4 is 0 Å². The molecule has 1 aromatic heterocycles. The van der Waals surface area contributed by atoms with Crippen LogP contribution in [0.15, 0.2) is 17.6 Å². The highest BCUT2D eigenvalue weighted by atomic mass is 32.2. The van der Waals surface area contributed by atoms with E-state index >= 15 is 0 Å². The Bertz CT molecular complexity index is 325. The van der Waals surface area contributed by atoms with E-state index in [0.717, 1.165) is 5.16 Å². The van der Waals surface area contributed by atoms with Crippen molar-refractivity contribution < 1.29 is 9.53 Å². The van der Waals surface area contributed by atoms with Crippen molar-refractivity contribution in [2.45, 2.75) is 11.7 Å². The van der Waals surface area contributed by atoms with E-state index in [1.807, 2.05) is 17.0 Å². The summed E-state index contributed by atoms with van der Waals surface area (Å²) in [6.45, 7) is 0.997. The van der Waals surface area contributed by atoms with Crippen molar-refractivity contribution in [1.29, 1.82) is 0 Å². The molecule has 1 aromatic rings. The van der Waals surface area contributed by atoms with Gasteiger partial charge in [-0.3, -0.25) is 0 Å². The fraction of sp³-hybridized carbons (Fsp3) is 0.556. The van der Waals surface area contributed by atoms with Crippen molar-refractivity contribution in [3.63, 3.8) is 0 Å². The van der Waals surface area contributed by atoms with Gasteiger partial charge in [0.15, 0.2) is 5.16 Å². The van der Waals surface area contributed by atoms with Crippen LogP contribution in [-0.2, 0) is 11.3 Å². The fourth-order valence-corrected chi connectivity index (χ4v) is 1.57. The number of nitrogens with zero attached hydrogens (tertiary/aromatic N) is 3. The Labute approximate surface area is 93.4 Å². The third-order valence-electron chi connectivity index (χ3n) is 1.78. The Balaban J connectivity index is 2.35. The van der Waals surface area contributed by atoms with Crippen molar-refractivity contribution in [1.82, 2.24) is 14.5 Å². The molecule has 0 saturated carbocycles. The molecule has 0 unspecified atom stereocenters.